The average molecular weight is 199 g/mol. The van der Waals surface area contributed by atoms with Crippen LogP contribution < -0.4 is 0 Å². The standard InChI is InChI=1S/C12H13N3/c1-8-3-6-12(11-5-4-10(8)11)15-7-13-9(2)14-15/h3,6-7H,4-5H2,1-2H3. The number of fused-ring (bicyclic) bond motifs is 1. The zero-order valence-corrected chi connectivity index (χ0v) is 8.99. The van der Waals surface area contributed by atoms with Crippen molar-refractivity contribution in [1.82, 2.24) is 14.8 Å². The van der Waals surface area contributed by atoms with E-state index in [0.29, 0.717) is 0 Å². The van der Waals surface area contributed by atoms with Crippen molar-refractivity contribution in [3.05, 3.63) is 41.0 Å². The van der Waals surface area contributed by atoms with Crippen LogP contribution in [-0.4, -0.2) is 14.8 Å². The van der Waals surface area contributed by atoms with Gasteiger partial charge in [0.1, 0.15) is 12.2 Å². The summed E-state index contributed by atoms with van der Waals surface area (Å²) in [5.74, 6) is 0.823. The van der Waals surface area contributed by atoms with E-state index >= 15 is 0 Å². The summed E-state index contributed by atoms with van der Waals surface area (Å²) < 4.78 is 1.88. The van der Waals surface area contributed by atoms with Gasteiger partial charge in [-0.3, -0.25) is 0 Å². The quantitative estimate of drug-likeness (QED) is 0.703. The summed E-state index contributed by atoms with van der Waals surface area (Å²) in [4.78, 5) is 4.16. The van der Waals surface area contributed by atoms with Gasteiger partial charge in [0.15, 0.2) is 0 Å². The zero-order valence-electron chi connectivity index (χ0n) is 8.99. The van der Waals surface area contributed by atoms with E-state index in [9.17, 15) is 0 Å². The third-order valence-electron chi connectivity index (χ3n) is 3.12. The molecule has 0 bridgehead atoms. The Bertz CT molecular complexity index is 526. The second-order valence-electron chi connectivity index (χ2n) is 4.10. The van der Waals surface area contributed by atoms with Crippen LogP contribution in [0.1, 0.15) is 22.5 Å². The van der Waals surface area contributed by atoms with Gasteiger partial charge < -0.3 is 0 Å². The first-order valence-corrected chi connectivity index (χ1v) is 5.26. The van der Waals surface area contributed by atoms with E-state index in [-0.39, 0.29) is 0 Å². The number of hydrogen-bond acceptors (Lipinski definition) is 2. The minimum Gasteiger partial charge on any atom is -0.221 e. The lowest BCUT2D eigenvalue weighted by molar-refractivity contribution is 0.774. The van der Waals surface area contributed by atoms with E-state index in [1.807, 2.05) is 11.6 Å². The maximum atomic E-state index is 4.35. The largest absolute Gasteiger partial charge is 0.221 e. The molecule has 0 fully saturated rings. The minimum absolute atomic E-state index is 0.823. The van der Waals surface area contributed by atoms with Crippen molar-refractivity contribution < 1.29 is 0 Å². The number of rotatable bonds is 1. The lowest BCUT2D eigenvalue weighted by Gasteiger charge is -2.24. The monoisotopic (exact) mass is 199 g/mol. The normalized spacial score (nSPS) is 13.5. The molecule has 0 amide bonds. The Labute approximate surface area is 88.8 Å². The van der Waals surface area contributed by atoms with E-state index < -0.39 is 0 Å². The van der Waals surface area contributed by atoms with Crippen LogP contribution in [0, 0.1) is 13.8 Å². The topological polar surface area (TPSA) is 30.7 Å². The Kier molecular flexibility index (Phi) is 1.69. The summed E-state index contributed by atoms with van der Waals surface area (Å²) in [6.45, 7) is 4.09. The third kappa shape index (κ3) is 1.19. The molecule has 0 aliphatic heterocycles. The third-order valence-corrected chi connectivity index (χ3v) is 3.12. The molecule has 15 heavy (non-hydrogen) atoms. The number of hydrogen-bond donors (Lipinski definition) is 0. The van der Waals surface area contributed by atoms with Crippen LogP contribution in [0.3, 0.4) is 0 Å². The zero-order chi connectivity index (χ0) is 10.4. The van der Waals surface area contributed by atoms with Gasteiger partial charge in [-0.25, -0.2) is 9.67 Å². The number of aryl methyl sites for hydroxylation is 2. The van der Waals surface area contributed by atoms with Crippen LogP contribution in [0.25, 0.3) is 5.69 Å². The van der Waals surface area contributed by atoms with Crippen molar-refractivity contribution >= 4 is 0 Å². The Morgan fingerprint density at radius 1 is 1.13 bits per heavy atom. The molecule has 0 N–H and O–H groups in total. The molecule has 1 heterocycles. The Morgan fingerprint density at radius 3 is 2.53 bits per heavy atom. The molecule has 3 rings (SSSR count). The van der Waals surface area contributed by atoms with Crippen molar-refractivity contribution in [3.63, 3.8) is 0 Å². The first-order chi connectivity index (χ1) is 7.25. The number of aromatic nitrogens is 3. The molecule has 1 aliphatic carbocycles. The first kappa shape index (κ1) is 8.65. The molecule has 1 aromatic heterocycles. The maximum absolute atomic E-state index is 4.35. The Morgan fingerprint density at radius 2 is 1.93 bits per heavy atom. The summed E-state index contributed by atoms with van der Waals surface area (Å²) in [6.07, 6.45) is 4.17. The molecule has 1 aromatic carbocycles. The molecule has 3 heteroatoms. The molecule has 0 atom stereocenters. The highest BCUT2D eigenvalue weighted by atomic mass is 15.3. The smallest absolute Gasteiger partial charge is 0.147 e. The Balaban J connectivity index is 2.17. The van der Waals surface area contributed by atoms with Gasteiger partial charge in [0.05, 0.1) is 5.69 Å². The highest BCUT2D eigenvalue weighted by molar-refractivity contribution is 5.53. The molecule has 2 aromatic rings. The van der Waals surface area contributed by atoms with Gasteiger partial charge in [0, 0.05) is 0 Å². The van der Waals surface area contributed by atoms with E-state index in [4.69, 9.17) is 0 Å². The molecule has 0 radical (unpaired) electrons. The van der Waals surface area contributed by atoms with Crippen molar-refractivity contribution in [2.45, 2.75) is 26.7 Å². The van der Waals surface area contributed by atoms with Crippen molar-refractivity contribution in [1.29, 1.82) is 0 Å². The van der Waals surface area contributed by atoms with Crippen molar-refractivity contribution in [2.24, 2.45) is 0 Å². The minimum atomic E-state index is 0.823. The average Bonchev–Trinajstić information content (AvgIpc) is 2.55. The summed E-state index contributed by atoms with van der Waals surface area (Å²) in [7, 11) is 0. The molecular formula is C12H13N3. The van der Waals surface area contributed by atoms with E-state index in [1.165, 1.54) is 35.2 Å². The molecule has 3 nitrogen and oxygen atoms in total. The van der Waals surface area contributed by atoms with E-state index in [0.717, 1.165) is 5.82 Å². The molecule has 1 aliphatic rings. The summed E-state index contributed by atoms with van der Waals surface area (Å²) in [6, 6.07) is 4.31. The predicted molar refractivity (Wildman–Crippen MR) is 58.2 cm³/mol. The van der Waals surface area contributed by atoms with Crippen LogP contribution in [0.4, 0.5) is 0 Å². The summed E-state index contributed by atoms with van der Waals surface area (Å²) in [5.41, 5.74) is 5.54. The van der Waals surface area contributed by atoms with E-state index in [1.54, 1.807) is 6.33 Å². The van der Waals surface area contributed by atoms with Crippen LogP contribution in [0.2, 0.25) is 0 Å². The van der Waals surface area contributed by atoms with Gasteiger partial charge in [-0.05, 0) is 49.4 Å². The molecular weight excluding hydrogens is 186 g/mol. The van der Waals surface area contributed by atoms with E-state index in [2.05, 4.69) is 29.1 Å². The highest BCUT2D eigenvalue weighted by Gasteiger charge is 2.20. The fourth-order valence-corrected chi connectivity index (χ4v) is 2.17. The lowest BCUT2D eigenvalue weighted by atomic mass is 9.84. The molecule has 0 unspecified atom stereocenters. The van der Waals surface area contributed by atoms with Gasteiger partial charge in [-0.2, -0.15) is 5.10 Å². The van der Waals surface area contributed by atoms with Gasteiger partial charge in [0.2, 0.25) is 0 Å². The van der Waals surface area contributed by atoms with Crippen molar-refractivity contribution in [2.75, 3.05) is 0 Å². The summed E-state index contributed by atoms with van der Waals surface area (Å²) in [5, 5.41) is 4.35. The second-order valence-corrected chi connectivity index (χ2v) is 4.10. The molecule has 0 saturated heterocycles. The fourth-order valence-electron chi connectivity index (χ4n) is 2.17. The highest BCUT2D eigenvalue weighted by Crippen LogP contribution is 2.31. The number of benzene rings is 1. The van der Waals surface area contributed by atoms with Crippen LogP contribution >= 0.6 is 0 Å². The summed E-state index contributed by atoms with van der Waals surface area (Å²) >= 11 is 0. The first-order valence-electron chi connectivity index (χ1n) is 5.26. The van der Waals surface area contributed by atoms with Crippen molar-refractivity contribution in [3.8, 4) is 5.69 Å². The van der Waals surface area contributed by atoms with Gasteiger partial charge >= 0.3 is 0 Å². The SMILES string of the molecule is Cc1ncn(-c2ccc(C)c3c2CC3)n1. The van der Waals surface area contributed by atoms with Crippen LogP contribution in [-0.2, 0) is 12.8 Å². The maximum Gasteiger partial charge on any atom is 0.147 e. The van der Waals surface area contributed by atoms with Gasteiger partial charge in [-0.15, -0.1) is 0 Å². The van der Waals surface area contributed by atoms with Crippen LogP contribution in [0.15, 0.2) is 18.5 Å². The molecule has 76 valence electrons. The van der Waals surface area contributed by atoms with Gasteiger partial charge in [-0.1, -0.05) is 6.07 Å². The second kappa shape index (κ2) is 2.92. The van der Waals surface area contributed by atoms with Crippen LogP contribution in [0.5, 0.6) is 0 Å². The molecule has 0 saturated carbocycles. The predicted octanol–water partition coefficient (Wildman–Crippen LogP) is 1.98. The Hall–Kier alpha value is -1.64. The van der Waals surface area contributed by atoms with Gasteiger partial charge in [0.25, 0.3) is 0 Å². The fraction of sp³-hybridized carbons (Fsp3) is 0.333. The number of nitrogens with zero attached hydrogens (tertiary/aromatic N) is 3. The molecule has 0 spiro atoms. The lowest BCUT2D eigenvalue weighted by Crippen LogP contribution is -2.15.